The molecular formula is C12H16BrN3O2. The number of carbonyl (C=O) groups is 2. The van der Waals surface area contributed by atoms with E-state index in [-0.39, 0.29) is 12.3 Å². The van der Waals surface area contributed by atoms with E-state index in [2.05, 4.69) is 26.6 Å². The zero-order valence-electron chi connectivity index (χ0n) is 10.1. The highest BCUT2D eigenvalue weighted by atomic mass is 79.9. The van der Waals surface area contributed by atoms with Crippen molar-refractivity contribution in [3.63, 3.8) is 0 Å². The van der Waals surface area contributed by atoms with Crippen LogP contribution in [0.3, 0.4) is 0 Å². The molecule has 0 aliphatic carbocycles. The first-order chi connectivity index (χ1) is 8.52. The average Bonchev–Trinajstić information content (AvgIpc) is 2.28. The SMILES string of the molecule is CCNC(=O)CC(Nc1cccc(Br)c1)C(N)=O. The van der Waals surface area contributed by atoms with Crippen LogP contribution in [0.5, 0.6) is 0 Å². The summed E-state index contributed by atoms with van der Waals surface area (Å²) in [4.78, 5) is 22.7. The number of benzene rings is 1. The Bertz CT molecular complexity index is 437. The predicted octanol–water partition coefficient (Wildman–Crippen LogP) is 1.24. The van der Waals surface area contributed by atoms with E-state index in [0.29, 0.717) is 6.54 Å². The van der Waals surface area contributed by atoms with E-state index in [0.717, 1.165) is 10.2 Å². The Hall–Kier alpha value is -1.56. The van der Waals surface area contributed by atoms with E-state index >= 15 is 0 Å². The van der Waals surface area contributed by atoms with Gasteiger partial charge in [-0.1, -0.05) is 22.0 Å². The van der Waals surface area contributed by atoms with E-state index in [9.17, 15) is 9.59 Å². The van der Waals surface area contributed by atoms with E-state index in [1.54, 1.807) is 6.07 Å². The number of hydrogen-bond donors (Lipinski definition) is 3. The molecule has 6 heteroatoms. The molecule has 1 aromatic rings. The molecule has 0 aromatic heterocycles. The van der Waals surface area contributed by atoms with E-state index < -0.39 is 11.9 Å². The Balaban J connectivity index is 2.69. The molecule has 18 heavy (non-hydrogen) atoms. The summed E-state index contributed by atoms with van der Waals surface area (Å²) < 4.78 is 0.883. The van der Waals surface area contributed by atoms with Crippen LogP contribution in [0.25, 0.3) is 0 Å². The van der Waals surface area contributed by atoms with Crippen molar-refractivity contribution in [1.82, 2.24) is 5.32 Å². The third kappa shape index (κ3) is 4.75. The van der Waals surface area contributed by atoms with Crippen LogP contribution in [0.15, 0.2) is 28.7 Å². The smallest absolute Gasteiger partial charge is 0.240 e. The Morgan fingerprint density at radius 3 is 2.72 bits per heavy atom. The van der Waals surface area contributed by atoms with Crippen molar-refractivity contribution in [1.29, 1.82) is 0 Å². The summed E-state index contributed by atoms with van der Waals surface area (Å²) in [5, 5.41) is 5.58. The lowest BCUT2D eigenvalue weighted by atomic mass is 10.1. The minimum atomic E-state index is -0.717. The van der Waals surface area contributed by atoms with Crippen LogP contribution in [0, 0.1) is 0 Å². The lowest BCUT2D eigenvalue weighted by Gasteiger charge is -2.16. The Morgan fingerprint density at radius 1 is 1.44 bits per heavy atom. The molecule has 0 heterocycles. The number of nitrogens with one attached hydrogen (secondary N) is 2. The molecule has 5 nitrogen and oxygen atoms in total. The van der Waals surface area contributed by atoms with Crippen LogP contribution in [0.4, 0.5) is 5.69 Å². The molecule has 0 saturated heterocycles. The highest BCUT2D eigenvalue weighted by Crippen LogP contribution is 2.17. The van der Waals surface area contributed by atoms with Gasteiger partial charge in [0.1, 0.15) is 6.04 Å². The van der Waals surface area contributed by atoms with Crippen molar-refractivity contribution in [2.75, 3.05) is 11.9 Å². The van der Waals surface area contributed by atoms with E-state index in [1.807, 2.05) is 25.1 Å². The van der Waals surface area contributed by atoms with Gasteiger partial charge >= 0.3 is 0 Å². The molecule has 0 bridgehead atoms. The fourth-order valence-corrected chi connectivity index (χ4v) is 1.86. The monoisotopic (exact) mass is 313 g/mol. The van der Waals surface area contributed by atoms with Crippen molar-refractivity contribution in [3.8, 4) is 0 Å². The van der Waals surface area contributed by atoms with Crippen molar-refractivity contribution in [2.45, 2.75) is 19.4 Å². The van der Waals surface area contributed by atoms with Crippen LogP contribution in [0.2, 0.25) is 0 Å². The van der Waals surface area contributed by atoms with Gasteiger partial charge in [0, 0.05) is 16.7 Å². The number of amides is 2. The number of primary amides is 1. The van der Waals surface area contributed by atoms with Gasteiger partial charge in [0.25, 0.3) is 0 Å². The molecule has 0 aliphatic heterocycles. The Labute approximate surface area is 114 Å². The van der Waals surface area contributed by atoms with Gasteiger partial charge in [0.15, 0.2) is 0 Å². The van der Waals surface area contributed by atoms with Crippen molar-refractivity contribution in [2.24, 2.45) is 5.73 Å². The largest absolute Gasteiger partial charge is 0.373 e. The van der Waals surface area contributed by atoms with Crippen molar-refractivity contribution >= 4 is 33.4 Å². The molecule has 0 fully saturated rings. The summed E-state index contributed by atoms with van der Waals surface area (Å²) in [6.07, 6.45) is 0.0235. The van der Waals surface area contributed by atoms with Crippen LogP contribution >= 0.6 is 15.9 Å². The van der Waals surface area contributed by atoms with Gasteiger partial charge in [-0.2, -0.15) is 0 Å². The zero-order valence-corrected chi connectivity index (χ0v) is 11.7. The standard InChI is InChI=1S/C12H16BrN3O2/c1-2-15-11(17)7-10(12(14)18)16-9-5-3-4-8(13)6-9/h3-6,10,16H,2,7H2,1H3,(H2,14,18)(H,15,17). The molecule has 1 unspecified atom stereocenters. The maximum Gasteiger partial charge on any atom is 0.240 e. The lowest BCUT2D eigenvalue weighted by Crippen LogP contribution is -2.40. The Kier molecular flexibility index (Phi) is 5.64. The molecule has 1 atom stereocenters. The first-order valence-electron chi connectivity index (χ1n) is 5.61. The van der Waals surface area contributed by atoms with Crippen LogP contribution < -0.4 is 16.4 Å². The van der Waals surface area contributed by atoms with Gasteiger partial charge in [-0.05, 0) is 25.1 Å². The first-order valence-corrected chi connectivity index (χ1v) is 6.40. The number of rotatable bonds is 6. The maximum absolute atomic E-state index is 11.4. The first kappa shape index (κ1) is 14.5. The number of halogens is 1. The molecule has 4 N–H and O–H groups in total. The topological polar surface area (TPSA) is 84.2 Å². The molecular weight excluding hydrogens is 298 g/mol. The fourth-order valence-electron chi connectivity index (χ4n) is 1.46. The minimum Gasteiger partial charge on any atom is -0.373 e. The predicted molar refractivity (Wildman–Crippen MR) is 74.0 cm³/mol. The molecule has 0 radical (unpaired) electrons. The van der Waals surface area contributed by atoms with Crippen molar-refractivity contribution in [3.05, 3.63) is 28.7 Å². The zero-order chi connectivity index (χ0) is 13.5. The van der Waals surface area contributed by atoms with E-state index in [1.165, 1.54) is 0 Å². The molecule has 1 rings (SSSR count). The van der Waals surface area contributed by atoms with Crippen LogP contribution in [-0.4, -0.2) is 24.4 Å². The summed E-state index contributed by atoms with van der Waals surface area (Å²) in [6.45, 7) is 2.35. The lowest BCUT2D eigenvalue weighted by molar-refractivity contribution is -0.125. The number of anilines is 1. The molecule has 0 spiro atoms. The minimum absolute atomic E-state index is 0.0235. The summed E-state index contributed by atoms with van der Waals surface area (Å²) in [5.41, 5.74) is 6.01. The second kappa shape index (κ2) is 7.00. The number of carbonyl (C=O) groups excluding carboxylic acids is 2. The average molecular weight is 314 g/mol. The van der Waals surface area contributed by atoms with Gasteiger partial charge in [-0.3, -0.25) is 9.59 Å². The second-order valence-corrected chi connectivity index (χ2v) is 4.68. The molecule has 1 aromatic carbocycles. The van der Waals surface area contributed by atoms with Crippen LogP contribution in [0.1, 0.15) is 13.3 Å². The maximum atomic E-state index is 11.4. The molecule has 0 saturated carbocycles. The summed E-state index contributed by atoms with van der Waals surface area (Å²) >= 11 is 3.33. The molecule has 2 amide bonds. The normalized spacial score (nSPS) is 11.7. The second-order valence-electron chi connectivity index (χ2n) is 3.77. The van der Waals surface area contributed by atoms with Gasteiger partial charge < -0.3 is 16.4 Å². The molecule has 0 aliphatic rings. The number of hydrogen-bond acceptors (Lipinski definition) is 3. The number of nitrogens with two attached hydrogens (primary N) is 1. The highest BCUT2D eigenvalue weighted by Gasteiger charge is 2.18. The Morgan fingerprint density at radius 2 is 2.17 bits per heavy atom. The van der Waals surface area contributed by atoms with Gasteiger partial charge in [0.2, 0.25) is 11.8 Å². The third-order valence-electron chi connectivity index (χ3n) is 2.27. The summed E-state index contributed by atoms with van der Waals surface area (Å²) in [5.74, 6) is -0.759. The van der Waals surface area contributed by atoms with E-state index in [4.69, 9.17) is 5.73 Å². The fraction of sp³-hybridized carbons (Fsp3) is 0.333. The molecule has 98 valence electrons. The third-order valence-corrected chi connectivity index (χ3v) is 2.77. The van der Waals surface area contributed by atoms with Crippen molar-refractivity contribution < 1.29 is 9.59 Å². The van der Waals surface area contributed by atoms with Crippen LogP contribution in [-0.2, 0) is 9.59 Å². The van der Waals surface area contributed by atoms with Gasteiger partial charge in [-0.15, -0.1) is 0 Å². The summed E-state index contributed by atoms with van der Waals surface area (Å²) in [7, 11) is 0. The van der Waals surface area contributed by atoms with Gasteiger partial charge in [0.05, 0.1) is 6.42 Å². The summed E-state index contributed by atoms with van der Waals surface area (Å²) in [6, 6.07) is 6.60. The highest BCUT2D eigenvalue weighted by molar-refractivity contribution is 9.10. The van der Waals surface area contributed by atoms with Gasteiger partial charge in [-0.25, -0.2) is 0 Å². The quantitative estimate of drug-likeness (QED) is 0.738.